The zero-order chi connectivity index (χ0) is 27.1. The number of carbonyl (C=O) groups excluding carboxylic acids is 2. The molecular weight excluding hydrogens is 476 g/mol. The number of nitrogens with one attached hydrogen (secondary N) is 2. The summed E-state index contributed by atoms with van der Waals surface area (Å²) in [6.45, 7) is 6.26. The van der Waals surface area contributed by atoms with Crippen LogP contribution in [0.3, 0.4) is 0 Å². The number of rotatable bonds is 7. The van der Waals surface area contributed by atoms with Gasteiger partial charge in [-0.1, -0.05) is 99.6 Å². The van der Waals surface area contributed by atoms with Crippen LogP contribution in [0.4, 0.5) is 16.2 Å². The molecule has 2 amide bonds. The smallest absolute Gasteiger partial charge is 0.341 e. The number of urea groups is 1. The van der Waals surface area contributed by atoms with Gasteiger partial charge in [0.15, 0.2) is 0 Å². The molecule has 0 bridgehead atoms. The SMILES string of the molecule is COC(=O)c1cc(NC(=O)Nc2ccccc2C(C)(C)C)ccc1OC(c1ccccc1)c1ccccc1. The third kappa shape index (κ3) is 6.40. The van der Waals surface area contributed by atoms with Gasteiger partial charge >= 0.3 is 12.0 Å². The molecule has 0 atom stereocenters. The van der Waals surface area contributed by atoms with E-state index in [1.54, 1.807) is 18.2 Å². The molecule has 6 nitrogen and oxygen atoms in total. The monoisotopic (exact) mass is 508 g/mol. The largest absolute Gasteiger partial charge is 0.480 e. The van der Waals surface area contributed by atoms with E-state index in [1.165, 1.54) is 7.11 Å². The number of hydrogen-bond donors (Lipinski definition) is 2. The van der Waals surface area contributed by atoms with Crippen LogP contribution in [-0.2, 0) is 10.2 Å². The summed E-state index contributed by atoms with van der Waals surface area (Å²) in [5.41, 5.74) is 4.11. The summed E-state index contributed by atoms with van der Waals surface area (Å²) in [7, 11) is 1.31. The molecule has 0 heterocycles. The Hall–Kier alpha value is -4.58. The average molecular weight is 509 g/mol. The quantitative estimate of drug-likeness (QED) is 0.252. The van der Waals surface area contributed by atoms with E-state index in [0.717, 1.165) is 22.4 Å². The number of anilines is 2. The lowest BCUT2D eigenvalue weighted by atomic mass is 9.86. The fourth-order valence-corrected chi connectivity index (χ4v) is 4.22. The minimum Gasteiger partial charge on any atom is -0.480 e. The molecule has 2 N–H and O–H groups in total. The first-order valence-corrected chi connectivity index (χ1v) is 12.4. The molecule has 0 saturated carbocycles. The van der Waals surface area contributed by atoms with Gasteiger partial charge in [-0.3, -0.25) is 0 Å². The van der Waals surface area contributed by atoms with Crippen LogP contribution in [0.15, 0.2) is 103 Å². The van der Waals surface area contributed by atoms with E-state index in [9.17, 15) is 9.59 Å². The van der Waals surface area contributed by atoms with E-state index in [4.69, 9.17) is 9.47 Å². The predicted octanol–water partition coefficient (Wildman–Crippen LogP) is 7.58. The van der Waals surface area contributed by atoms with Gasteiger partial charge in [0.1, 0.15) is 17.4 Å². The van der Waals surface area contributed by atoms with Crippen LogP contribution < -0.4 is 15.4 Å². The van der Waals surface area contributed by atoms with Crippen LogP contribution in [0.2, 0.25) is 0 Å². The standard InChI is InChI=1S/C32H32N2O4/c1-32(2,3)26-17-11-12-18-27(26)34-31(36)33-24-19-20-28(25(21-24)30(35)37-4)38-29(22-13-7-5-8-14-22)23-15-9-6-10-16-23/h5-21,29H,1-4H3,(H2,33,34,36). The van der Waals surface area contributed by atoms with Crippen molar-refractivity contribution in [2.45, 2.75) is 32.3 Å². The molecule has 4 aromatic rings. The highest BCUT2D eigenvalue weighted by Crippen LogP contribution is 2.33. The Bertz CT molecular complexity index is 1360. The first-order valence-electron chi connectivity index (χ1n) is 12.4. The Labute approximate surface area is 223 Å². The van der Waals surface area contributed by atoms with Crippen molar-refractivity contribution in [2.75, 3.05) is 17.7 Å². The molecule has 0 unspecified atom stereocenters. The molecule has 0 spiro atoms. The van der Waals surface area contributed by atoms with Crippen molar-refractivity contribution >= 4 is 23.4 Å². The molecule has 6 heteroatoms. The molecule has 0 aliphatic carbocycles. The zero-order valence-corrected chi connectivity index (χ0v) is 22.0. The zero-order valence-electron chi connectivity index (χ0n) is 22.0. The maximum Gasteiger partial charge on any atom is 0.341 e. The maximum absolute atomic E-state index is 12.9. The summed E-state index contributed by atoms with van der Waals surface area (Å²) in [5, 5.41) is 5.74. The van der Waals surface area contributed by atoms with E-state index < -0.39 is 18.1 Å². The second kappa shape index (κ2) is 11.6. The number of benzene rings is 4. The normalized spacial score (nSPS) is 11.1. The lowest BCUT2D eigenvalue weighted by molar-refractivity contribution is 0.0594. The molecule has 0 aliphatic heterocycles. The highest BCUT2D eigenvalue weighted by molar-refractivity contribution is 6.01. The van der Waals surface area contributed by atoms with Crippen LogP contribution in [0.25, 0.3) is 0 Å². The Kier molecular flexibility index (Phi) is 8.12. The molecule has 38 heavy (non-hydrogen) atoms. The number of carbonyl (C=O) groups is 2. The van der Waals surface area contributed by atoms with Crippen LogP contribution in [0, 0.1) is 0 Å². The first kappa shape index (κ1) is 26.5. The molecule has 4 rings (SSSR count). The van der Waals surface area contributed by atoms with Gasteiger partial charge in [0, 0.05) is 11.4 Å². The molecule has 4 aromatic carbocycles. The van der Waals surface area contributed by atoms with E-state index in [2.05, 4.69) is 31.4 Å². The van der Waals surface area contributed by atoms with Gasteiger partial charge < -0.3 is 20.1 Å². The molecule has 0 aliphatic rings. The summed E-state index contributed by atoms with van der Waals surface area (Å²) in [5.74, 6) is -0.222. The van der Waals surface area contributed by atoms with Gasteiger partial charge in [-0.2, -0.15) is 0 Å². The van der Waals surface area contributed by atoms with Gasteiger partial charge in [0.25, 0.3) is 0 Å². The van der Waals surface area contributed by atoms with Gasteiger partial charge in [-0.05, 0) is 46.4 Å². The minimum atomic E-state index is -0.568. The van der Waals surface area contributed by atoms with E-state index >= 15 is 0 Å². The van der Waals surface area contributed by atoms with Crippen molar-refractivity contribution in [2.24, 2.45) is 0 Å². The van der Waals surface area contributed by atoms with Crippen LogP contribution in [0.5, 0.6) is 5.75 Å². The van der Waals surface area contributed by atoms with Crippen LogP contribution >= 0.6 is 0 Å². The Balaban J connectivity index is 1.61. The summed E-state index contributed by atoms with van der Waals surface area (Å²) in [6.07, 6.45) is -0.447. The third-order valence-corrected chi connectivity index (χ3v) is 6.08. The summed E-state index contributed by atoms with van der Waals surface area (Å²) >= 11 is 0. The summed E-state index contributed by atoms with van der Waals surface area (Å²) in [6, 6.07) is 31.8. The van der Waals surface area contributed by atoms with Crippen molar-refractivity contribution in [1.82, 2.24) is 0 Å². The second-order valence-corrected chi connectivity index (χ2v) is 9.90. The highest BCUT2D eigenvalue weighted by atomic mass is 16.5. The van der Waals surface area contributed by atoms with Gasteiger partial charge in [-0.25, -0.2) is 9.59 Å². The van der Waals surface area contributed by atoms with Crippen LogP contribution in [-0.4, -0.2) is 19.1 Å². The molecular formula is C32H32N2O4. The van der Waals surface area contributed by atoms with E-state index in [1.807, 2.05) is 84.9 Å². The number of hydrogen-bond acceptors (Lipinski definition) is 4. The molecule has 194 valence electrons. The second-order valence-electron chi connectivity index (χ2n) is 9.90. The molecule has 0 fully saturated rings. The number of ether oxygens (including phenoxy) is 2. The van der Waals surface area contributed by atoms with Crippen molar-refractivity contribution in [3.63, 3.8) is 0 Å². The summed E-state index contributed by atoms with van der Waals surface area (Å²) < 4.78 is 11.5. The van der Waals surface area contributed by atoms with E-state index in [0.29, 0.717) is 11.4 Å². The third-order valence-electron chi connectivity index (χ3n) is 6.08. The number of methoxy groups -OCH3 is 1. The van der Waals surface area contributed by atoms with Crippen molar-refractivity contribution < 1.29 is 19.1 Å². The minimum absolute atomic E-state index is 0.144. The van der Waals surface area contributed by atoms with Crippen molar-refractivity contribution in [3.8, 4) is 5.75 Å². The fraction of sp³-hybridized carbons (Fsp3) is 0.188. The highest BCUT2D eigenvalue weighted by Gasteiger charge is 2.22. The lowest BCUT2D eigenvalue weighted by Crippen LogP contribution is -2.23. The Morgan fingerprint density at radius 2 is 1.32 bits per heavy atom. The van der Waals surface area contributed by atoms with Gasteiger partial charge in [0.05, 0.1) is 7.11 Å². The molecule has 0 saturated heterocycles. The number of amides is 2. The summed E-state index contributed by atoms with van der Waals surface area (Å²) in [4.78, 5) is 25.6. The Morgan fingerprint density at radius 3 is 1.89 bits per heavy atom. The molecule has 0 radical (unpaired) electrons. The van der Waals surface area contributed by atoms with Crippen molar-refractivity contribution in [3.05, 3.63) is 125 Å². The fourth-order valence-electron chi connectivity index (χ4n) is 4.22. The average Bonchev–Trinajstić information content (AvgIpc) is 2.92. The van der Waals surface area contributed by atoms with Crippen LogP contribution in [0.1, 0.15) is 53.9 Å². The lowest BCUT2D eigenvalue weighted by Gasteiger charge is -2.23. The number of para-hydroxylation sites is 1. The van der Waals surface area contributed by atoms with Crippen molar-refractivity contribution in [1.29, 1.82) is 0 Å². The molecule has 0 aromatic heterocycles. The topological polar surface area (TPSA) is 76.7 Å². The van der Waals surface area contributed by atoms with Gasteiger partial charge in [0.2, 0.25) is 0 Å². The Morgan fingerprint density at radius 1 is 0.737 bits per heavy atom. The maximum atomic E-state index is 12.9. The predicted molar refractivity (Wildman–Crippen MR) is 151 cm³/mol. The van der Waals surface area contributed by atoms with E-state index in [-0.39, 0.29) is 11.0 Å². The number of esters is 1. The first-order chi connectivity index (χ1) is 18.3. The van der Waals surface area contributed by atoms with Gasteiger partial charge in [-0.15, -0.1) is 0 Å².